The van der Waals surface area contributed by atoms with Gasteiger partial charge in [-0.25, -0.2) is 9.59 Å². The molecule has 1 aliphatic heterocycles. The summed E-state index contributed by atoms with van der Waals surface area (Å²) in [5, 5.41) is 12.8. The first-order valence-corrected chi connectivity index (χ1v) is 11.5. The van der Waals surface area contributed by atoms with Gasteiger partial charge in [-0.1, -0.05) is 54.6 Å². The third-order valence-electron chi connectivity index (χ3n) is 7.20. The Labute approximate surface area is 195 Å². The summed E-state index contributed by atoms with van der Waals surface area (Å²) in [6.45, 7) is 5.65. The lowest BCUT2D eigenvalue weighted by molar-refractivity contribution is -0.902. The number of carbonyl (C=O) groups is 2. The molecule has 2 aromatic rings. The number of carboxylic acids is 1. The molecule has 2 aromatic carbocycles. The maximum absolute atomic E-state index is 12.9. The molecule has 4 rings (SSSR count). The average molecular weight is 450 g/mol. The van der Waals surface area contributed by atoms with Crippen LogP contribution in [0.2, 0.25) is 0 Å². The number of alkyl carbamates (subject to hydrolysis) is 1. The van der Waals surface area contributed by atoms with E-state index in [1.165, 1.54) is 0 Å². The second-order valence-electron chi connectivity index (χ2n) is 10.0. The third kappa shape index (κ3) is 4.53. The highest BCUT2D eigenvalue weighted by atomic mass is 16.5. The lowest BCUT2D eigenvalue weighted by atomic mass is 9.70. The Morgan fingerprint density at radius 2 is 1.79 bits per heavy atom. The fraction of sp³-hybridized carbons (Fsp3) is 0.407. The summed E-state index contributed by atoms with van der Waals surface area (Å²) in [6, 6.07) is 15.2. The van der Waals surface area contributed by atoms with Crippen LogP contribution in [0.15, 0.2) is 61.2 Å². The van der Waals surface area contributed by atoms with Crippen molar-refractivity contribution in [1.82, 2.24) is 5.32 Å². The molecule has 0 radical (unpaired) electrons. The fourth-order valence-corrected chi connectivity index (χ4v) is 5.91. The Balaban J connectivity index is 1.50. The first-order chi connectivity index (χ1) is 15.8. The Hall–Kier alpha value is -3.12. The molecule has 2 aliphatic rings. The Morgan fingerprint density at radius 1 is 1.18 bits per heavy atom. The number of ether oxygens (including phenoxy) is 1. The summed E-state index contributed by atoms with van der Waals surface area (Å²) < 4.78 is 6.35. The van der Waals surface area contributed by atoms with Gasteiger partial charge in [0, 0.05) is 5.92 Å². The van der Waals surface area contributed by atoms with Gasteiger partial charge in [-0.05, 0) is 41.5 Å². The number of carboxylic acid groups (broad SMARTS) is 1. The number of piperidine rings is 1. The van der Waals surface area contributed by atoms with E-state index < -0.39 is 23.5 Å². The van der Waals surface area contributed by atoms with Crippen molar-refractivity contribution >= 4 is 12.1 Å². The van der Waals surface area contributed by atoms with Crippen LogP contribution in [0.5, 0.6) is 0 Å². The SMILES string of the molecule is C=CC[C@@]1([C@@H](NC(=O)OCC2c3ccccc3-c3ccccc32)C(=O)O)CCC[N+](C)(C)C1. The molecule has 6 nitrogen and oxygen atoms in total. The summed E-state index contributed by atoms with van der Waals surface area (Å²) in [6.07, 6.45) is 3.22. The van der Waals surface area contributed by atoms with Crippen molar-refractivity contribution in [1.29, 1.82) is 0 Å². The number of rotatable bonds is 7. The highest BCUT2D eigenvalue weighted by Gasteiger charge is 2.50. The van der Waals surface area contributed by atoms with E-state index in [4.69, 9.17) is 4.74 Å². The van der Waals surface area contributed by atoms with Gasteiger partial charge in [0.2, 0.25) is 0 Å². The monoisotopic (exact) mass is 449 g/mol. The molecule has 6 heteroatoms. The summed E-state index contributed by atoms with van der Waals surface area (Å²) in [4.78, 5) is 25.2. The molecule has 1 fully saturated rings. The van der Waals surface area contributed by atoms with E-state index in [1.54, 1.807) is 6.08 Å². The number of likely N-dealkylation sites (tertiary alicyclic amines) is 1. The highest BCUT2D eigenvalue weighted by molar-refractivity contribution is 5.81. The number of nitrogens with zero attached hydrogens (tertiary/aromatic N) is 1. The predicted molar refractivity (Wildman–Crippen MR) is 128 cm³/mol. The normalized spacial score (nSPS) is 22.0. The maximum atomic E-state index is 12.9. The van der Waals surface area contributed by atoms with Gasteiger partial charge in [-0.15, -0.1) is 6.58 Å². The standard InChI is InChI=1S/C27H32N2O4/c1-4-14-27(15-9-16-29(2,3)18-27)24(25(30)31)28-26(32)33-17-23-21-12-7-5-10-19(21)20-11-6-8-13-22(20)23/h4-8,10-13,23-24H,1,9,14-18H2,2-3H3,(H-,28,30,31,32)/p+1/t24-,27+/m0/s1. The van der Waals surface area contributed by atoms with Gasteiger partial charge in [-0.3, -0.25) is 0 Å². The van der Waals surface area contributed by atoms with Gasteiger partial charge in [0.25, 0.3) is 0 Å². The molecule has 0 spiro atoms. The summed E-state index contributed by atoms with van der Waals surface area (Å²) in [7, 11) is 4.20. The summed E-state index contributed by atoms with van der Waals surface area (Å²) in [5.41, 5.74) is 3.95. The van der Waals surface area contributed by atoms with Gasteiger partial charge in [-0.2, -0.15) is 0 Å². The molecule has 174 valence electrons. The van der Waals surface area contributed by atoms with Crippen molar-refractivity contribution in [3.05, 3.63) is 72.3 Å². The molecule has 0 aromatic heterocycles. The van der Waals surface area contributed by atoms with Crippen LogP contribution < -0.4 is 5.32 Å². The van der Waals surface area contributed by atoms with Crippen LogP contribution in [-0.2, 0) is 9.53 Å². The molecule has 0 unspecified atom stereocenters. The zero-order valence-corrected chi connectivity index (χ0v) is 19.4. The number of allylic oxidation sites excluding steroid dienone is 1. The number of hydrogen-bond donors (Lipinski definition) is 2. The van der Waals surface area contributed by atoms with E-state index in [2.05, 4.69) is 50.3 Å². The van der Waals surface area contributed by atoms with Crippen molar-refractivity contribution < 1.29 is 23.9 Å². The average Bonchev–Trinajstić information content (AvgIpc) is 3.09. The summed E-state index contributed by atoms with van der Waals surface area (Å²) >= 11 is 0. The fourth-order valence-electron chi connectivity index (χ4n) is 5.91. The summed E-state index contributed by atoms with van der Waals surface area (Å²) in [5.74, 6) is -1.11. The van der Waals surface area contributed by atoms with Gasteiger partial charge in [0.15, 0.2) is 0 Å². The van der Waals surface area contributed by atoms with E-state index in [1.807, 2.05) is 24.3 Å². The van der Waals surface area contributed by atoms with Crippen LogP contribution in [0.4, 0.5) is 4.79 Å². The first kappa shape index (κ1) is 23.1. The van der Waals surface area contributed by atoms with Crippen molar-refractivity contribution in [2.75, 3.05) is 33.8 Å². The predicted octanol–water partition coefficient (Wildman–Crippen LogP) is 4.41. The molecule has 1 aliphatic carbocycles. The topological polar surface area (TPSA) is 75.6 Å². The molecule has 1 heterocycles. The van der Waals surface area contributed by atoms with E-state index >= 15 is 0 Å². The van der Waals surface area contributed by atoms with E-state index in [0.29, 0.717) is 17.4 Å². The lowest BCUT2D eigenvalue weighted by Gasteiger charge is -2.48. The molecule has 33 heavy (non-hydrogen) atoms. The van der Waals surface area contributed by atoms with Crippen LogP contribution in [0, 0.1) is 5.41 Å². The smallest absolute Gasteiger partial charge is 0.407 e. The van der Waals surface area contributed by atoms with Gasteiger partial charge < -0.3 is 19.6 Å². The Bertz CT molecular complexity index is 1020. The second kappa shape index (κ2) is 9.02. The largest absolute Gasteiger partial charge is 0.480 e. The third-order valence-corrected chi connectivity index (χ3v) is 7.20. The molecular weight excluding hydrogens is 416 g/mol. The lowest BCUT2D eigenvalue weighted by Crippen LogP contribution is -2.62. The van der Waals surface area contributed by atoms with Crippen molar-refractivity contribution in [2.45, 2.75) is 31.2 Å². The van der Waals surface area contributed by atoms with Crippen LogP contribution in [0.25, 0.3) is 11.1 Å². The van der Waals surface area contributed by atoms with Gasteiger partial charge >= 0.3 is 12.1 Å². The van der Waals surface area contributed by atoms with Crippen molar-refractivity contribution in [2.24, 2.45) is 5.41 Å². The Kier molecular flexibility index (Phi) is 6.30. The Morgan fingerprint density at radius 3 is 2.33 bits per heavy atom. The number of hydrogen-bond acceptors (Lipinski definition) is 3. The van der Waals surface area contributed by atoms with Gasteiger partial charge in [0.1, 0.15) is 12.6 Å². The van der Waals surface area contributed by atoms with Crippen LogP contribution in [-0.4, -0.2) is 61.5 Å². The zero-order valence-electron chi connectivity index (χ0n) is 19.4. The number of quaternary nitrogens is 1. The number of carbonyl (C=O) groups excluding carboxylic acids is 1. The van der Waals surface area contributed by atoms with E-state index in [0.717, 1.165) is 41.6 Å². The van der Waals surface area contributed by atoms with Crippen LogP contribution in [0.1, 0.15) is 36.3 Å². The maximum Gasteiger partial charge on any atom is 0.407 e. The molecule has 1 amide bonds. The molecule has 0 saturated carbocycles. The van der Waals surface area contributed by atoms with Crippen LogP contribution >= 0.6 is 0 Å². The number of benzene rings is 2. The molecule has 1 saturated heterocycles. The first-order valence-electron chi connectivity index (χ1n) is 11.5. The van der Waals surface area contributed by atoms with Gasteiger partial charge in [0.05, 0.1) is 32.6 Å². The number of nitrogens with one attached hydrogen (secondary N) is 1. The molecule has 2 N–H and O–H groups in total. The number of fused-ring (bicyclic) bond motifs is 3. The molecule has 0 bridgehead atoms. The second-order valence-corrected chi connectivity index (χ2v) is 10.0. The molecule has 2 atom stereocenters. The zero-order chi connectivity index (χ0) is 23.6. The minimum absolute atomic E-state index is 0.0705. The molecular formula is C27H33N2O4+. The number of aliphatic carboxylic acids is 1. The minimum Gasteiger partial charge on any atom is -0.480 e. The quantitative estimate of drug-likeness (QED) is 0.485. The number of amides is 1. The highest BCUT2D eigenvalue weighted by Crippen LogP contribution is 2.44. The van der Waals surface area contributed by atoms with Crippen LogP contribution in [0.3, 0.4) is 0 Å². The van der Waals surface area contributed by atoms with E-state index in [-0.39, 0.29) is 12.5 Å². The van der Waals surface area contributed by atoms with E-state index in [9.17, 15) is 14.7 Å². The minimum atomic E-state index is -1.04. The van der Waals surface area contributed by atoms with Crippen molar-refractivity contribution in [3.63, 3.8) is 0 Å². The van der Waals surface area contributed by atoms with Crippen molar-refractivity contribution in [3.8, 4) is 11.1 Å².